The molecule has 2 nitrogen and oxygen atoms in total. The smallest absolute Gasteiger partial charge is 0.222 e. The molecule has 3 heteroatoms. The maximum absolute atomic E-state index is 5.14. The second-order valence-corrected chi connectivity index (χ2v) is 1.83. The molecule has 0 amide bonds. The minimum absolute atomic E-state index is 0.891. The monoisotopic (exact) mass is 118 g/mol. The van der Waals surface area contributed by atoms with E-state index in [4.69, 9.17) is 7.98 Å². The number of aryl methyl sites for hydroxylation is 1. The second kappa shape index (κ2) is 2.53. The first kappa shape index (κ1) is 6.14. The van der Waals surface area contributed by atoms with E-state index >= 15 is 0 Å². The summed E-state index contributed by atoms with van der Waals surface area (Å²) in [5, 5.41) is 2.53. The summed E-state index contributed by atoms with van der Waals surface area (Å²) in [6.07, 6.45) is 1.71. The Morgan fingerprint density at radius 1 is 1.67 bits per heavy atom. The third kappa shape index (κ3) is 1.45. The van der Waals surface area contributed by atoms with Gasteiger partial charge in [0, 0.05) is 17.6 Å². The van der Waals surface area contributed by atoms with Crippen LogP contribution < -0.4 is 5.23 Å². The van der Waals surface area contributed by atoms with Gasteiger partial charge in [0.2, 0.25) is 7.98 Å². The highest BCUT2D eigenvalue weighted by molar-refractivity contribution is 6.15. The molecule has 0 atom stereocenters. The quantitative estimate of drug-likeness (QED) is 0.553. The third-order valence-corrected chi connectivity index (χ3v) is 1.06. The Hall–Kier alpha value is -0.985. The van der Waals surface area contributed by atoms with Crippen molar-refractivity contribution in [3.8, 4) is 0 Å². The van der Waals surface area contributed by atoms with E-state index < -0.39 is 0 Å². The van der Waals surface area contributed by atoms with E-state index in [9.17, 15) is 0 Å². The number of aromatic nitrogens is 1. The van der Waals surface area contributed by atoms with Gasteiger partial charge in [-0.15, -0.1) is 0 Å². The Kier molecular flexibility index (Phi) is 1.73. The number of pyridine rings is 1. The van der Waals surface area contributed by atoms with Gasteiger partial charge in [-0.3, -0.25) is 4.98 Å². The Labute approximate surface area is 55.7 Å². The minimum Gasteiger partial charge on any atom is -0.437 e. The van der Waals surface area contributed by atoms with Crippen molar-refractivity contribution in [3.63, 3.8) is 0 Å². The standard InChI is InChI=1S/C6H7BN2/c1-5-4-6(9-7)2-3-8-5/h2-4H,1H3,(H,8,9). The molecule has 0 aliphatic rings. The van der Waals surface area contributed by atoms with Crippen molar-refractivity contribution in [1.82, 2.24) is 4.98 Å². The zero-order chi connectivity index (χ0) is 6.69. The van der Waals surface area contributed by atoms with Gasteiger partial charge in [0.1, 0.15) is 0 Å². The summed E-state index contributed by atoms with van der Waals surface area (Å²) in [7, 11) is 5.14. The van der Waals surface area contributed by atoms with Crippen LogP contribution in [0, 0.1) is 6.92 Å². The molecule has 0 bridgehead atoms. The van der Waals surface area contributed by atoms with Crippen molar-refractivity contribution in [1.29, 1.82) is 0 Å². The molecule has 0 fully saturated rings. The van der Waals surface area contributed by atoms with Gasteiger partial charge in [0.15, 0.2) is 0 Å². The number of nitrogens with one attached hydrogen (secondary N) is 1. The van der Waals surface area contributed by atoms with E-state index in [-0.39, 0.29) is 0 Å². The fraction of sp³-hybridized carbons (Fsp3) is 0.167. The molecular weight excluding hydrogens is 111 g/mol. The SMILES string of the molecule is [B]Nc1ccnc(C)c1. The summed E-state index contributed by atoms with van der Waals surface area (Å²) in [4.78, 5) is 3.99. The average molecular weight is 118 g/mol. The van der Waals surface area contributed by atoms with Crippen molar-refractivity contribution in [2.45, 2.75) is 6.92 Å². The highest BCUT2D eigenvalue weighted by atomic mass is 14.8. The topological polar surface area (TPSA) is 24.9 Å². The largest absolute Gasteiger partial charge is 0.437 e. The number of rotatable bonds is 1. The lowest BCUT2D eigenvalue weighted by Gasteiger charge is -1.97. The summed E-state index contributed by atoms with van der Waals surface area (Å²) in [6, 6.07) is 3.69. The number of nitrogens with zero attached hydrogens (tertiary/aromatic N) is 1. The summed E-state index contributed by atoms with van der Waals surface area (Å²) in [5.41, 5.74) is 1.85. The van der Waals surface area contributed by atoms with E-state index in [0.29, 0.717) is 0 Å². The molecule has 0 saturated carbocycles. The molecule has 0 unspecified atom stereocenters. The van der Waals surface area contributed by atoms with E-state index in [1.807, 2.05) is 19.1 Å². The van der Waals surface area contributed by atoms with E-state index in [1.54, 1.807) is 6.20 Å². The molecule has 1 N–H and O–H groups in total. The fourth-order valence-electron chi connectivity index (χ4n) is 0.635. The van der Waals surface area contributed by atoms with Crippen molar-refractivity contribution in [3.05, 3.63) is 24.0 Å². The number of anilines is 1. The van der Waals surface area contributed by atoms with Crippen molar-refractivity contribution in [2.75, 3.05) is 5.23 Å². The van der Waals surface area contributed by atoms with Gasteiger partial charge in [-0.2, -0.15) is 0 Å². The first-order valence-corrected chi connectivity index (χ1v) is 2.72. The van der Waals surface area contributed by atoms with Crippen LogP contribution >= 0.6 is 0 Å². The summed E-state index contributed by atoms with van der Waals surface area (Å²) >= 11 is 0. The van der Waals surface area contributed by atoms with Crippen LogP contribution in [0.2, 0.25) is 0 Å². The molecule has 1 aromatic rings. The van der Waals surface area contributed by atoms with Gasteiger partial charge in [-0.1, -0.05) is 0 Å². The van der Waals surface area contributed by atoms with Gasteiger partial charge in [-0.25, -0.2) is 0 Å². The van der Waals surface area contributed by atoms with E-state index in [0.717, 1.165) is 11.4 Å². The second-order valence-electron chi connectivity index (χ2n) is 1.83. The van der Waals surface area contributed by atoms with Crippen LogP contribution in [0.1, 0.15) is 5.69 Å². The minimum atomic E-state index is 0.891. The average Bonchev–Trinajstić information content (AvgIpc) is 1.88. The zero-order valence-corrected chi connectivity index (χ0v) is 5.26. The van der Waals surface area contributed by atoms with Crippen molar-refractivity contribution in [2.24, 2.45) is 0 Å². The Bertz CT molecular complexity index is 200. The Morgan fingerprint density at radius 3 is 2.89 bits per heavy atom. The fourth-order valence-corrected chi connectivity index (χ4v) is 0.635. The first-order chi connectivity index (χ1) is 4.33. The first-order valence-electron chi connectivity index (χ1n) is 2.72. The van der Waals surface area contributed by atoms with Crippen molar-refractivity contribution < 1.29 is 0 Å². The van der Waals surface area contributed by atoms with Crippen LogP contribution in [-0.2, 0) is 0 Å². The third-order valence-electron chi connectivity index (χ3n) is 1.06. The lowest BCUT2D eigenvalue weighted by Crippen LogP contribution is -1.90. The van der Waals surface area contributed by atoms with E-state index in [1.165, 1.54) is 0 Å². The summed E-state index contributed by atoms with van der Waals surface area (Å²) in [6.45, 7) is 1.92. The lowest BCUT2D eigenvalue weighted by atomic mass is 10.3. The lowest BCUT2D eigenvalue weighted by molar-refractivity contribution is 1.20. The van der Waals surface area contributed by atoms with Gasteiger partial charge in [-0.05, 0) is 19.1 Å². The number of hydrogen-bond acceptors (Lipinski definition) is 2. The molecule has 0 aliphatic carbocycles. The molecular formula is C6H7BN2. The van der Waals surface area contributed by atoms with Gasteiger partial charge in [0.25, 0.3) is 0 Å². The Morgan fingerprint density at radius 2 is 2.44 bits per heavy atom. The molecule has 0 spiro atoms. The van der Waals surface area contributed by atoms with Crippen LogP contribution in [0.5, 0.6) is 0 Å². The zero-order valence-electron chi connectivity index (χ0n) is 5.26. The van der Waals surface area contributed by atoms with Crippen LogP contribution in [0.4, 0.5) is 5.69 Å². The molecule has 0 saturated heterocycles. The Balaban J connectivity index is 2.94. The molecule has 2 radical (unpaired) electrons. The highest BCUT2D eigenvalue weighted by Gasteiger charge is 1.85. The predicted molar refractivity (Wildman–Crippen MR) is 38.4 cm³/mol. The van der Waals surface area contributed by atoms with Crippen LogP contribution in [0.3, 0.4) is 0 Å². The molecule has 0 aromatic carbocycles. The molecule has 1 heterocycles. The maximum Gasteiger partial charge on any atom is 0.222 e. The van der Waals surface area contributed by atoms with Crippen LogP contribution in [-0.4, -0.2) is 13.0 Å². The predicted octanol–water partition coefficient (Wildman–Crippen LogP) is 0.885. The van der Waals surface area contributed by atoms with Gasteiger partial charge >= 0.3 is 0 Å². The normalized spacial score (nSPS) is 9.00. The maximum atomic E-state index is 5.14. The van der Waals surface area contributed by atoms with Gasteiger partial charge in [0.05, 0.1) is 0 Å². The molecule has 1 rings (SSSR count). The molecule has 1 aromatic heterocycles. The summed E-state index contributed by atoms with van der Waals surface area (Å²) in [5.74, 6) is 0. The molecule has 0 aliphatic heterocycles. The summed E-state index contributed by atoms with van der Waals surface area (Å²) < 4.78 is 0. The number of hydrogen-bond donors (Lipinski definition) is 1. The van der Waals surface area contributed by atoms with Crippen LogP contribution in [0.25, 0.3) is 0 Å². The molecule has 9 heavy (non-hydrogen) atoms. The van der Waals surface area contributed by atoms with E-state index in [2.05, 4.69) is 10.2 Å². The van der Waals surface area contributed by atoms with Crippen molar-refractivity contribution >= 4 is 13.7 Å². The van der Waals surface area contributed by atoms with Gasteiger partial charge < -0.3 is 5.23 Å². The van der Waals surface area contributed by atoms with Crippen LogP contribution in [0.15, 0.2) is 18.3 Å². The molecule has 44 valence electrons. The highest BCUT2D eigenvalue weighted by Crippen LogP contribution is 2.03.